The molecule has 0 spiro atoms. The second-order valence-corrected chi connectivity index (χ2v) is 9.63. The molecule has 0 bridgehead atoms. The van der Waals surface area contributed by atoms with Crippen LogP contribution < -0.4 is 0 Å². The third kappa shape index (κ3) is 2.84. The van der Waals surface area contributed by atoms with Crippen LogP contribution in [0, 0.1) is 5.82 Å². The average Bonchev–Trinajstić information content (AvgIpc) is 3.21. The zero-order chi connectivity index (χ0) is 19.3. The van der Waals surface area contributed by atoms with E-state index in [-0.39, 0.29) is 11.7 Å². The van der Waals surface area contributed by atoms with Gasteiger partial charge in [0.1, 0.15) is 5.82 Å². The van der Waals surface area contributed by atoms with Gasteiger partial charge in [0.25, 0.3) is 0 Å². The van der Waals surface area contributed by atoms with E-state index < -0.39 is 15.1 Å². The molecule has 3 heterocycles. The molecule has 1 fully saturated rings. The van der Waals surface area contributed by atoms with Crippen LogP contribution in [-0.4, -0.2) is 36.6 Å². The number of hydrogen-bond donors (Lipinski definition) is 0. The predicted octanol–water partition coefficient (Wildman–Crippen LogP) is 3.64. The highest BCUT2D eigenvalue weighted by Crippen LogP contribution is 2.46. The van der Waals surface area contributed by atoms with Gasteiger partial charge in [0, 0.05) is 37.9 Å². The van der Waals surface area contributed by atoms with E-state index in [0.717, 1.165) is 28.8 Å². The van der Waals surface area contributed by atoms with Crippen molar-refractivity contribution in [3.8, 4) is 11.1 Å². The van der Waals surface area contributed by atoms with Gasteiger partial charge in [-0.3, -0.25) is 9.88 Å². The van der Waals surface area contributed by atoms with Gasteiger partial charge in [0.2, 0.25) is 0 Å². The molecule has 3 aromatic rings. The summed E-state index contributed by atoms with van der Waals surface area (Å²) in [6.07, 6.45) is 3.51. The first-order chi connectivity index (χ1) is 13.5. The Labute approximate surface area is 163 Å². The molecule has 2 atom stereocenters. The third-order valence-electron chi connectivity index (χ3n) is 5.79. The van der Waals surface area contributed by atoms with Crippen molar-refractivity contribution in [3.63, 3.8) is 0 Å². The minimum absolute atomic E-state index is 0.0257. The molecule has 0 saturated carbocycles. The Balaban J connectivity index is 1.48. The number of hydrogen-bond acceptors (Lipinski definition) is 4. The van der Waals surface area contributed by atoms with Gasteiger partial charge >= 0.3 is 0 Å². The van der Waals surface area contributed by atoms with Gasteiger partial charge in [0.15, 0.2) is 9.84 Å². The monoisotopic (exact) mass is 394 g/mol. The van der Waals surface area contributed by atoms with Crippen LogP contribution in [0.2, 0.25) is 0 Å². The van der Waals surface area contributed by atoms with E-state index in [2.05, 4.69) is 9.88 Å². The summed E-state index contributed by atoms with van der Waals surface area (Å²) in [6.45, 7) is 1.97. The van der Waals surface area contributed by atoms with E-state index in [1.54, 1.807) is 30.6 Å². The summed E-state index contributed by atoms with van der Waals surface area (Å²) in [6, 6.07) is 15.7. The van der Waals surface area contributed by atoms with Gasteiger partial charge in [-0.1, -0.05) is 18.2 Å². The molecule has 2 aliphatic heterocycles. The van der Waals surface area contributed by atoms with Gasteiger partial charge in [0.05, 0.1) is 10.1 Å². The van der Waals surface area contributed by atoms with Gasteiger partial charge in [-0.05, 0) is 58.7 Å². The number of likely N-dealkylation sites (tertiary alicyclic amines) is 1. The summed E-state index contributed by atoms with van der Waals surface area (Å²) in [5.74, 6) is -0.308. The number of benzene rings is 2. The highest BCUT2D eigenvalue weighted by Gasteiger charge is 2.50. The summed E-state index contributed by atoms with van der Waals surface area (Å²) in [5, 5.41) is -0.396. The molecule has 28 heavy (non-hydrogen) atoms. The van der Waals surface area contributed by atoms with Crippen molar-refractivity contribution in [1.82, 2.24) is 9.88 Å². The van der Waals surface area contributed by atoms with E-state index in [1.165, 1.54) is 12.1 Å². The second-order valence-electron chi connectivity index (χ2n) is 7.50. The normalized spacial score (nSPS) is 22.8. The number of sulfone groups is 1. The van der Waals surface area contributed by atoms with Crippen LogP contribution >= 0.6 is 0 Å². The molecule has 1 saturated heterocycles. The van der Waals surface area contributed by atoms with Crippen LogP contribution in [-0.2, 0) is 16.4 Å². The zero-order valence-electron chi connectivity index (χ0n) is 15.1. The minimum atomic E-state index is -3.33. The Hall–Kier alpha value is -2.57. The van der Waals surface area contributed by atoms with Crippen molar-refractivity contribution < 1.29 is 12.8 Å². The van der Waals surface area contributed by atoms with Gasteiger partial charge in [-0.2, -0.15) is 0 Å². The fourth-order valence-electron chi connectivity index (χ4n) is 4.42. The highest BCUT2D eigenvalue weighted by molar-refractivity contribution is 7.92. The molecule has 0 N–H and O–H groups in total. The maximum atomic E-state index is 13.2. The fourth-order valence-corrected chi connectivity index (χ4v) is 6.62. The van der Waals surface area contributed by atoms with Crippen molar-refractivity contribution in [2.45, 2.75) is 22.6 Å². The topological polar surface area (TPSA) is 50.3 Å². The zero-order valence-corrected chi connectivity index (χ0v) is 15.9. The van der Waals surface area contributed by atoms with Crippen molar-refractivity contribution in [2.24, 2.45) is 0 Å². The van der Waals surface area contributed by atoms with Crippen LogP contribution in [0.5, 0.6) is 0 Å². The molecule has 0 aliphatic carbocycles. The second kappa shape index (κ2) is 6.50. The van der Waals surface area contributed by atoms with Crippen molar-refractivity contribution in [1.29, 1.82) is 0 Å². The Kier molecular flexibility index (Phi) is 4.07. The number of pyridine rings is 1. The standard InChI is InChI=1S/C22H19FN2O2S/c23-18-4-1-16(2-5-18)17-3-6-21-19(11-17)20-13-25(14-22(20)28(21,26)27)12-15-7-9-24-10-8-15/h1-11,20,22H,12-14H2/t20-,22+/m1/s1. The minimum Gasteiger partial charge on any atom is -0.297 e. The Morgan fingerprint density at radius 3 is 2.43 bits per heavy atom. The largest absolute Gasteiger partial charge is 0.297 e. The maximum Gasteiger partial charge on any atom is 0.183 e. The molecule has 5 rings (SSSR count). The molecule has 142 valence electrons. The molecular weight excluding hydrogens is 375 g/mol. The Morgan fingerprint density at radius 1 is 0.964 bits per heavy atom. The molecule has 4 nitrogen and oxygen atoms in total. The summed E-state index contributed by atoms with van der Waals surface area (Å²) < 4.78 is 39.4. The first kappa shape index (κ1) is 17.5. The molecule has 0 radical (unpaired) electrons. The lowest BCUT2D eigenvalue weighted by Crippen LogP contribution is -2.25. The van der Waals surface area contributed by atoms with Crippen LogP contribution in [0.1, 0.15) is 17.0 Å². The van der Waals surface area contributed by atoms with Gasteiger partial charge in [-0.15, -0.1) is 0 Å². The van der Waals surface area contributed by atoms with E-state index in [0.29, 0.717) is 18.0 Å². The van der Waals surface area contributed by atoms with Crippen LogP contribution in [0.3, 0.4) is 0 Å². The third-order valence-corrected chi connectivity index (χ3v) is 8.05. The van der Waals surface area contributed by atoms with Crippen LogP contribution in [0.15, 0.2) is 71.9 Å². The fraction of sp³-hybridized carbons (Fsp3) is 0.227. The lowest BCUT2D eigenvalue weighted by Gasteiger charge is -2.17. The van der Waals surface area contributed by atoms with Crippen molar-refractivity contribution >= 4 is 9.84 Å². The predicted molar refractivity (Wildman–Crippen MR) is 105 cm³/mol. The first-order valence-electron chi connectivity index (χ1n) is 9.27. The molecule has 6 heteroatoms. The van der Waals surface area contributed by atoms with E-state index >= 15 is 0 Å². The maximum absolute atomic E-state index is 13.2. The van der Waals surface area contributed by atoms with Crippen LogP contribution in [0.25, 0.3) is 11.1 Å². The number of nitrogens with zero attached hydrogens (tertiary/aromatic N) is 2. The van der Waals surface area contributed by atoms with Crippen molar-refractivity contribution in [3.05, 3.63) is 83.9 Å². The average molecular weight is 394 g/mol. The molecule has 2 aliphatic rings. The first-order valence-corrected chi connectivity index (χ1v) is 10.8. The summed E-state index contributed by atoms with van der Waals surface area (Å²) in [7, 11) is -3.33. The van der Waals surface area contributed by atoms with E-state index in [1.807, 2.05) is 24.3 Å². The SMILES string of the molecule is O=S1(=O)c2ccc(-c3ccc(F)cc3)cc2[C@H]2CN(Cc3ccncc3)C[C@@H]21. The van der Waals surface area contributed by atoms with Crippen molar-refractivity contribution in [2.75, 3.05) is 13.1 Å². The molecule has 0 unspecified atom stereocenters. The van der Waals surface area contributed by atoms with Gasteiger partial charge in [-0.25, -0.2) is 12.8 Å². The smallest absolute Gasteiger partial charge is 0.183 e. The number of rotatable bonds is 3. The summed E-state index contributed by atoms with van der Waals surface area (Å²) >= 11 is 0. The number of halogens is 1. The molecular formula is C22H19FN2O2S. The lowest BCUT2D eigenvalue weighted by atomic mass is 9.94. The number of fused-ring (bicyclic) bond motifs is 3. The van der Waals surface area contributed by atoms with E-state index in [9.17, 15) is 12.8 Å². The van der Waals surface area contributed by atoms with Gasteiger partial charge < -0.3 is 0 Å². The molecule has 0 amide bonds. The lowest BCUT2D eigenvalue weighted by molar-refractivity contribution is 0.325. The Bertz CT molecular complexity index is 1130. The molecule has 2 aromatic carbocycles. The Morgan fingerprint density at radius 2 is 1.68 bits per heavy atom. The summed E-state index contributed by atoms with van der Waals surface area (Å²) in [4.78, 5) is 6.70. The molecule has 1 aromatic heterocycles. The highest BCUT2D eigenvalue weighted by atomic mass is 32.2. The van der Waals surface area contributed by atoms with E-state index in [4.69, 9.17) is 0 Å². The van der Waals surface area contributed by atoms with Crippen LogP contribution in [0.4, 0.5) is 4.39 Å². The number of aromatic nitrogens is 1. The quantitative estimate of drug-likeness (QED) is 0.681. The summed E-state index contributed by atoms with van der Waals surface area (Å²) in [5.41, 5.74) is 3.83.